The molecule has 0 spiro atoms. The van der Waals surface area contributed by atoms with Crippen molar-refractivity contribution in [2.24, 2.45) is 0 Å². The molecule has 1 aliphatic rings. The summed E-state index contributed by atoms with van der Waals surface area (Å²) in [5.41, 5.74) is 0.902. The van der Waals surface area contributed by atoms with Gasteiger partial charge in [-0.1, -0.05) is 5.21 Å². The Morgan fingerprint density at radius 2 is 2.13 bits per heavy atom. The van der Waals surface area contributed by atoms with E-state index in [1.165, 1.54) is 0 Å². The first-order chi connectivity index (χ1) is 6.93. The summed E-state index contributed by atoms with van der Waals surface area (Å²) in [6.45, 7) is 0.282. The molecule has 0 bridgehead atoms. The lowest BCUT2D eigenvalue weighted by molar-refractivity contribution is -0.660. The molecule has 7 heteroatoms. The van der Waals surface area contributed by atoms with Crippen LogP contribution < -0.4 is 26.6 Å². The quantitative estimate of drug-likeness (QED) is 0.521. The monoisotopic (exact) mass is 226 g/mol. The molecule has 0 saturated carbocycles. The number of aromatic nitrogens is 4. The van der Waals surface area contributed by atoms with Crippen molar-refractivity contribution in [3.05, 3.63) is 24.5 Å². The zero-order valence-corrected chi connectivity index (χ0v) is 8.31. The van der Waals surface area contributed by atoms with Crippen LogP contribution in [0, 0.1) is 0 Å². The van der Waals surface area contributed by atoms with Gasteiger partial charge in [0.25, 0.3) is 6.33 Å². The van der Waals surface area contributed by atoms with E-state index in [1.807, 2.05) is 18.2 Å². The van der Waals surface area contributed by atoms with Gasteiger partial charge in [0.2, 0.25) is 6.79 Å². The molecule has 0 fully saturated rings. The van der Waals surface area contributed by atoms with E-state index in [0.717, 1.165) is 17.2 Å². The van der Waals surface area contributed by atoms with E-state index < -0.39 is 0 Å². The van der Waals surface area contributed by atoms with Crippen LogP contribution in [0.1, 0.15) is 0 Å². The minimum absolute atomic E-state index is 0. The van der Waals surface area contributed by atoms with Crippen molar-refractivity contribution in [1.29, 1.82) is 0 Å². The Morgan fingerprint density at radius 3 is 2.93 bits per heavy atom. The van der Waals surface area contributed by atoms with Gasteiger partial charge in [0.05, 0.1) is 0 Å². The van der Waals surface area contributed by atoms with Gasteiger partial charge < -0.3 is 21.9 Å². The highest BCUT2D eigenvalue weighted by Crippen LogP contribution is 2.32. The van der Waals surface area contributed by atoms with E-state index in [9.17, 15) is 0 Å². The highest BCUT2D eigenvalue weighted by molar-refractivity contribution is 5.46. The smallest absolute Gasteiger partial charge is 0.293 e. The average Bonchev–Trinajstić information content (AvgIpc) is 2.88. The van der Waals surface area contributed by atoms with Crippen LogP contribution in [0.3, 0.4) is 0 Å². The number of hydrogen-bond acceptors (Lipinski definition) is 4. The van der Waals surface area contributed by atoms with Crippen molar-refractivity contribution in [3.63, 3.8) is 0 Å². The minimum Gasteiger partial charge on any atom is -1.00 e. The first-order valence-corrected chi connectivity index (χ1v) is 4.11. The number of nitrogens with one attached hydrogen (secondary N) is 1. The molecule has 6 nitrogen and oxygen atoms in total. The summed E-state index contributed by atoms with van der Waals surface area (Å²) in [4.78, 5) is 0. The van der Waals surface area contributed by atoms with Crippen LogP contribution in [-0.2, 0) is 0 Å². The van der Waals surface area contributed by atoms with Gasteiger partial charge in [-0.25, -0.2) is 0 Å². The molecule has 1 aromatic carbocycles. The van der Waals surface area contributed by atoms with Crippen molar-refractivity contribution >= 4 is 0 Å². The third kappa shape index (κ3) is 1.59. The highest BCUT2D eigenvalue weighted by Gasteiger charge is 2.15. The molecule has 2 aromatic rings. The van der Waals surface area contributed by atoms with Crippen LogP contribution >= 0.6 is 0 Å². The standard InChI is InChI=1S/C8H6N4O2.ClH/c1-2-7-8(14-5-13-7)3-6(1)12-4-9-10-11-12;/h1-4H,5H2;1H. The summed E-state index contributed by atoms with van der Waals surface area (Å²) in [5.74, 6) is 1.51. The Balaban J connectivity index is 0.000000853. The summed E-state index contributed by atoms with van der Waals surface area (Å²) >= 11 is 0. The Bertz CT molecular complexity index is 460. The lowest BCUT2D eigenvalue weighted by atomic mass is 10.3. The molecule has 1 aromatic heterocycles. The second-order valence-electron chi connectivity index (χ2n) is 2.84. The first-order valence-electron chi connectivity index (χ1n) is 4.11. The highest BCUT2D eigenvalue weighted by atomic mass is 35.5. The van der Waals surface area contributed by atoms with E-state index in [-0.39, 0.29) is 19.2 Å². The molecule has 0 amide bonds. The van der Waals surface area contributed by atoms with Gasteiger partial charge in [-0.15, -0.1) is 4.68 Å². The number of H-pyrrole nitrogens is 1. The van der Waals surface area contributed by atoms with E-state index in [4.69, 9.17) is 9.47 Å². The van der Waals surface area contributed by atoms with Crippen molar-refractivity contribution in [3.8, 4) is 17.2 Å². The molecule has 0 atom stereocenters. The Hall–Kier alpha value is -1.82. The Kier molecular flexibility index (Phi) is 2.42. The second-order valence-corrected chi connectivity index (χ2v) is 2.84. The molecule has 0 aliphatic carbocycles. The second kappa shape index (κ2) is 3.74. The maximum Gasteiger partial charge on any atom is 0.293 e. The fraction of sp³-hybridized carbons (Fsp3) is 0.125. The molecule has 0 radical (unpaired) electrons. The number of hydrogen-bond donors (Lipinski definition) is 1. The molecule has 0 saturated heterocycles. The van der Waals surface area contributed by atoms with Crippen LogP contribution in [0.2, 0.25) is 0 Å². The summed E-state index contributed by atoms with van der Waals surface area (Å²) in [5, 5.41) is 9.99. The maximum atomic E-state index is 5.25. The minimum atomic E-state index is 0. The summed E-state index contributed by atoms with van der Waals surface area (Å²) in [6.07, 6.45) is 1.58. The van der Waals surface area contributed by atoms with Gasteiger partial charge in [-0.3, -0.25) is 0 Å². The molecular weight excluding hydrogens is 220 g/mol. The normalized spacial score (nSPS) is 12.3. The average molecular weight is 227 g/mol. The van der Waals surface area contributed by atoms with Crippen molar-refractivity contribution < 1.29 is 26.6 Å². The van der Waals surface area contributed by atoms with Gasteiger partial charge in [-0.2, -0.15) is 0 Å². The fourth-order valence-corrected chi connectivity index (χ4v) is 1.34. The summed E-state index contributed by atoms with van der Waals surface area (Å²) in [7, 11) is 0. The van der Waals surface area contributed by atoms with E-state index in [1.54, 1.807) is 11.0 Å². The van der Waals surface area contributed by atoms with Crippen molar-refractivity contribution in [2.45, 2.75) is 0 Å². The molecule has 15 heavy (non-hydrogen) atoms. The predicted octanol–water partition coefficient (Wildman–Crippen LogP) is -3.19. The molecule has 0 unspecified atom stereocenters. The number of halogens is 1. The summed E-state index contributed by atoms with van der Waals surface area (Å²) in [6, 6.07) is 5.61. The Labute approximate surface area is 91.2 Å². The maximum absolute atomic E-state index is 5.25. The summed E-state index contributed by atoms with van der Waals surface area (Å²) < 4.78 is 12.1. The van der Waals surface area contributed by atoms with E-state index >= 15 is 0 Å². The predicted molar refractivity (Wildman–Crippen MR) is 44.0 cm³/mol. The van der Waals surface area contributed by atoms with Crippen LogP contribution in [0.5, 0.6) is 11.5 Å². The van der Waals surface area contributed by atoms with E-state index in [2.05, 4.69) is 15.5 Å². The molecule has 1 aliphatic heterocycles. The SMILES string of the molecule is [Cl-].c1cc2c(cc1-[n+]1cnn[nH]1)OCO2. The van der Waals surface area contributed by atoms with Crippen LogP contribution in [0.25, 0.3) is 5.69 Å². The number of aromatic amines is 1. The third-order valence-corrected chi connectivity index (χ3v) is 2.01. The van der Waals surface area contributed by atoms with E-state index in [0.29, 0.717) is 0 Å². The number of tetrazole rings is 1. The van der Waals surface area contributed by atoms with Crippen LogP contribution in [0.15, 0.2) is 24.5 Å². The molecular formula is C8H7ClN4O2. The lowest BCUT2D eigenvalue weighted by Crippen LogP contribution is -3.00. The largest absolute Gasteiger partial charge is 1.00 e. The van der Waals surface area contributed by atoms with Gasteiger partial charge in [0.15, 0.2) is 16.7 Å². The number of benzene rings is 1. The van der Waals surface area contributed by atoms with Gasteiger partial charge in [0.1, 0.15) is 10.8 Å². The van der Waals surface area contributed by atoms with Crippen LogP contribution in [0.4, 0.5) is 0 Å². The zero-order valence-electron chi connectivity index (χ0n) is 7.55. The fourth-order valence-electron chi connectivity index (χ4n) is 1.34. The zero-order chi connectivity index (χ0) is 9.38. The van der Waals surface area contributed by atoms with Gasteiger partial charge >= 0.3 is 0 Å². The van der Waals surface area contributed by atoms with Gasteiger partial charge in [0, 0.05) is 6.07 Å². The van der Waals surface area contributed by atoms with Crippen molar-refractivity contribution in [1.82, 2.24) is 15.5 Å². The molecule has 1 N–H and O–H groups in total. The third-order valence-electron chi connectivity index (χ3n) is 2.01. The lowest BCUT2D eigenvalue weighted by Gasteiger charge is -1.97. The van der Waals surface area contributed by atoms with Gasteiger partial charge in [-0.05, 0) is 12.1 Å². The Morgan fingerprint density at radius 1 is 1.27 bits per heavy atom. The van der Waals surface area contributed by atoms with Crippen LogP contribution in [-0.4, -0.2) is 22.3 Å². The first kappa shape index (κ1) is 9.72. The topological polar surface area (TPSA) is 63.9 Å². The molecule has 3 rings (SSSR count). The molecule has 2 heterocycles. The number of rotatable bonds is 1. The number of fused-ring (bicyclic) bond motifs is 1. The number of nitrogens with zero attached hydrogens (tertiary/aromatic N) is 3. The number of ether oxygens (including phenoxy) is 2. The molecule has 78 valence electrons. The van der Waals surface area contributed by atoms with Crippen molar-refractivity contribution in [2.75, 3.05) is 6.79 Å².